The van der Waals surface area contributed by atoms with Crippen molar-refractivity contribution in [3.8, 4) is 28.5 Å². The maximum absolute atomic E-state index is 5.43. The van der Waals surface area contributed by atoms with Crippen LogP contribution in [0, 0.1) is 0 Å². The molecule has 4 rings (SSSR count). The minimum atomic E-state index is 0.290. The molecule has 0 N–H and O–H groups in total. The molecule has 0 aliphatic carbocycles. The van der Waals surface area contributed by atoms with Crippen molar-refractivity contribution in [2.75, 3.05) is 13.9 Å². The van der Waals surface area contributed by atoms with Gasteiger partial charge in [0.2, 0.25) is 6.79 Å². The second kappa shape index (κ2) is 5.93. The molecule has 0 saturated carbocycles. The van der Waals surface area contributed by atoms with Gasteiger partial charge in [0.15, 0.2) is 11.5 Å². The average molecular weight is 325 g/mol. The molecule has 0 unspecified atom stereocenters. The van der Waals surface area contributed by atoms with Gasteiger partial charge >= 0.3 is 0 Å². The highest BCUT2D eigenvalue weighted by Gasteiger charge is 2.15. The van der Waals surface area contributed by atoms with Gasteiger partial charge in [-0.2, -0.15) is 0 Å². The van der Waals surface area contributed by atoms with Crippen LogP contribution in [0.4, 0.5) is 0 Å². The Hall–Kier alpha value is -2.53. The van der Waals surface area contributed by atoms with Crippen molar-refractivity contribution in [2.24, 2.45) is 0 Å². The van der Waals surface area contributed by atoms with Gasteiger partial charge in [0.05, 0.1) is 17.8 Å². The van der Waals surface area contributed by atoms with E-state index in [1.807, 2.05) is 30.3 Å². The SMILES string of the molecule is COc1ccc(Cc2nc(-c3ccc4c(c3)OCO4)cs2)cc1. The Kier molecular flexibility index (Phi) is 3.63. The number of hydrogen-bond acceptors (Lipinski definition) is 5. The fraction of sp³-hybridized carbons (Fsp3) is 0.167. The molecule has 2 aromatic carbocycles. The molecule has 1 aliphatic heterocycles. The molecule has 5 heteroatoms. The van der Waals surface area contributed by atoms with E-state index in [9.17, 15) is 0 Å². The van der Waals surface area contributed by atoms with Crippen LogP contribution < -0.4 is 14.2 Å². The maximum atomic E-state index is 5.43. The van der Waals surface area contributed by atoms with Crippen LogP contribution in [0.5, 0.6) is 17.2 Å². The summed E-state index contributed by atoms with van der Waals surface area (Å²) in [6.45, 7) is 0.290. The number of benzene rings is 2. The number of aromatic nitrogens is 1. The smallest absolute Gasteiger partial charge is 0.231 e. The zero-order chi connectivity index (χ0) is 15.6. The van der Waals surface area contributed by atoms with E-state index in [1.54, 1.807) is 18.4 Å². The summed E-state index contributed by atoms with van der Waals surface area (Å²) in [6, 6.07) is 14.0. The summed E-state index contributed by atoms with van der Waals surface area (Å²) in [5.74, 6) is 2.45. The Morgan fingerprint density at radius 1 is 1.09 bits per heavy atom. The molecule has 0 amide bonds. The highest BCUT2D eigenvalue weighted by Crippen LogP contribution is 2.36. The van der Waals surface area contributed by atoms with Gasteiger partial charge in [-0.25, -0.2) is 4.98 Å². The van der Waals surface area contributed by atoms with Crippen molar-refractivity contribution >= 4 is 11.3 Å². The van der Waals surface area contributed by atoms with Crippen LogP contribution in [0.25, 0.3) is 11.3 Å². The molecular formula is C18H15NO3S. The summed E-state index contributed by atoms with van der Waals surface area (Å²) < 4.78 is 16.0. The van der Waals surface area contributed by atoms with Crippen molar-refractivity contribution in [2.45, 2.75) is 6.42 Å². The zero-order valence-corrected chi connectivity index (χ0v) is 13.4. The molecule has 1 aromatic heterocycles. The Bertz CT molecular complexity index is 827. The highest BCUT2D eigenvalue weighted by molar-refractivity contribution is 7.10. The molecule has 2 heterocycles. The summed E-state index contributed by atoms with van der Waals surface area (Å²) >= 11 is 1.67. The fourth-order valence-electron chi connectivity index (χ4n) is 2.50. The monoisotopic (exact) mass is 325 g/mol. The van der Waals surface area contributed by atoms with Crippen LogP contribution in [0.1, 0.15) is 10.6 Å². The molecule has 1 aliphatic rings. The molecule has 0 saturated heterocycles. The largest absolute Gasteiger partial charge is 0.497 e. The maximum Gasteiger partial charge on any atom is 0.231 e. The van der Waals surface area contributed by atoms with Gasteiger partial charge in [-0.15, -0.1) is 11.3 Å². The van der Waals surface area contributed by atoms with Crippen LogP contribution in [0.15, 0.2) is 47.8 Å². The van der Waals surface area contributed by atoms with E-state index in [4.69, 9.17) is 19.2 Å². The number of thiazole rings is 1. The van der Waals surface area contributed by atoms with Gasteiger partial charge in [-0.3, -0.25) is 0 Å². The second-order valence-electron chi connectivity index (χ2n) is 5.22. The van der Waals surface area contributed by atoms with Gasteiger partial charge in [-0.1, -0.05) is 12.1 Å². The summed E-state index contributed by atoms with van der Waals surface area (Å²) in [5, 5.41) is 3.17. The number of methoxy groups -OCH3 is 1. The number of ether oxygens (including phenoxy) is 3. The first-order chi connectivity index (χ1) is 11.3. The van der Waals surface area contributed by atoms with Crippen molar-refractivity contribution in [1.82, 2.24) is 4.98 Å². The molecule has 0 spiro atoms. The second-order valence-corrected chi connectivity index (χ2v) is 6.16. The minimum absolute atomic E-state index is 0.290. The molecule has 0 fully saturated rings. The van der Waals surface area contributed by atoms with E-state index < -0.39 is 0 Å². The normalized spacial score (nSPS) is 12.4. The third kappa shape index (κ3) is 2.87. The minimum Gasteiger partial charge on any atom is -0.497 e. The van der Waals surface area contributed by atoms with Crippen molar-refractivity contribution in [1.29, 1.82) is 0 Å². The number of nitrogens with zero attached hydrogens (tertiary/aromatic N) is 1. The van der Waals surface area contributed by atoms with E-state index >= 15 is 0 Å². The average Bonchev–Trinajstić information content (AvgIpc) is 3.23. The summed E-state index contributed by atoms with van der Waals surface area (Å²) in [7, 11) is 1.67. The third-order valence-corrected chi connectivity index (χ3v) is 4.58. The topological polar surface area (TPSA) is 40.6 Å². The molecule has 0 radical (unpaired) electrons. The Balaban J connectivity index is 1.54. The molecule has 23 heavy (non-hydrogen) atoms. The van der Waals surface area contributed by atoms with Crippen molar-refractivity contribution in [3.05, 3.63) is 58.4 Å². The lowest BCUT2D eigenvalue weighted by Gasteiger charge is -2.02. The van der Waals surface area contributed by atoms with Crippen LogP contribution in [-0.2, 0) is 6.42 Å². The lowest BCUT2D eigenvalue weighted by Crippen LogP contribution is -1.92. The van der Waals surface area contributed by atoms with E-state index in [0.717, 1.165) is 39.9 Å². The molecular weight excluding hydrogens is 310 g/mol. The molecule has 116 valence electrons. The third-order valence-electron chi connectivity index (χ3n) is 3.73. The highest BCUT2D eigenvalue weighted by atomic mass is 32.1. The van der Waals surface area contributed by atoms with E-state index in [1.165, 1.54) is 5.56 Å². The van der Waals surface area contributed by atoms with Crippen LogP contribution in [0.3, 0.4) is 0 Å². The van der Waals surface area contributed by atoms with Crippen molar-refractivity contribution < 1.29 is 14.2 Å². The number of rotatable bonds is 4. The number of fused-ring (bicyclic) bond motifs is 1. The Morgan fingerprint density at radius 2 is 1.91 bits per heavy atom. The fourth-order valence-corrected chi connectivity index (χ4v) is 3.34. The summed E-state index contributed by atoms with van der Waals surface area (Å²) in [5.41, 5.74) is 3.24. The van der Waals surface area contributed by atoms with Crippen LogP contribution in [-0.4, -0.2) is 18.9 Å². The summed E-state index contributed by atoms with van der Waals surface area (Å²) in [4.78, 5) is 4.73. The van der Waals surface area contributed by atoms with Gasteiger partial charge < -0.3 is 14.2 Å². The lowest BCUT2D eigenvalue weighted by atomic mass is 10.1. The van der Waals surface area contributed by atoms with Crippen LogP contribution in [0.2, 0.25) is 0 Å². The Morgan fingerprint density at radius 3 is 2.74 bits per heavy atom. The van der Waals surface area contributed by atoms with Crippen LogP contribution >= 0.6 is 11.3 Å². The quantitative estimate of drug-likeness (QED) is 0.723. The molecule has 3 aromatic rings. The van der Waals surface area contributed by atoms with Crippen molar-refractivity contribution in [3.63, 3.8) is 0 Å². The molecule has 4 nitrogen and oxygen atoms in total. The standard InChI is InChI=1S/C18H15NO3S/c1-20-14-5-2-12(3-6-14)8-18-19-15(10-23-18)13-4-7-16-17(9-13)22-11-21-16/h2-7,9-10H,8,11H2,1H3. The first-order valence-corrected chi connectivity index (χ1v) is 8.17. The predicted octanol–water partition coefficient (Wildman–Crippen LogP) is 4.14. The first kappa shape index (κ1) is 14.1. The van der Waals surface area contributed by atoms with Gasteiger partial charge in [0.25, 0.3) is 0 Å². The summed E-state index contributed by atoms with van der Waals surface area (Å²) in [6.07, 6.45) is 0.819. The molecule has 0 atom stereocenters. The molecule has 0 bridgehead atoms. The van der Waals surface area contributed by atoms with E-state index in [0.29, 0.717) is 6.79 Å². The Labute approximate surface area is 138 Å². The lowest BCUT2D eigenvalue weighted by molar-refractivity contribution is 0.174. The van der Waals surface area contributed by atoms with Gasteiger partial charge in [0, 0.05) is 17.4 Å². The zero-order valence-electron chi connectivity index (χ0n) is 12.6. The van der Waals surface area contributed by atoms with E-state index in [-0.39, 0.29) is 0 Å². The van der Waals surface area contributed by atoms with E-state index in [2.05, 4.69) is 17.5 Å². The first-order valence-electron chi connectivity index (χ1n) is 7.29. The van der Waals surface area contributed by atoms with Gasteiger partial charge in [-0.05, 0) is 35.9 Å². The predicted molar refractivity (Wildman–Crippen MR) is 89.5 cm³/mol. The van der Waals surface area contributed by atoms with Gasteiger partial charge in [0.1, 0.15) is 5.75 Å². The number of hydrogen-bond donors (Lipinski definition) is 0.